The number of aromatic carboxylic acids is 1. The van der Waals surface area contributed by atoms with Gasteiger partial charge in [-0.25, -0.2) is 14.0 Å². The van der Waals surface area contributed by atoms with E-state index in [0.29, 0.717) is 35.8 Å². The first-order chi connectivity index (χ1) is 13.4. The zero-order chi connectivity index (χ0) is 20.3. The zero-order valence-corrected chi connectivity index (χ0v) is 17.4. The molecule has 6 nitrogen and oxygen atoms in total. The molecule has 1 fully saturated rings. The molecule has 28 heavy (non-hydrogen) atoms. The van der Waals surface area contributed by atoms with Crippen LogP contribution < -0.4 is 9.21 Å². The number of hydrogen-bond acceptors (Lipinski definition) is 4. The molecular formula is C21H27N3O3S. The second-order valence-electron chi connectivity index (χ2n) is 7.32. The van der Waals surface area contributed by atoms with E-state index in [1.165, 1.54) is 16.8 Å². The van der Waals surface area contributed by atoms with Crippen LogP contribution in [0.1, 0.15) is 36.2 Å². The number of aromatic nitrogens is 1. The molecule has 1 heterocycles. The van der Waals surface area contributed by atoms with Gasteiger partial charge in [-0.05, 0) is 36.0 Å². The summed E-state index contributed by atoms with van der Waals surface area (Å²) < 4.78 is 13.8. The minimum atomic E-state index is -1.25. The maximum Gasteiger partial charge on any atom is 0.335 e. The molecule has 1 aliphatic carbocycles. The Labute approximate surface area is 168 Å². The molecule has 1 N–H and O–H groups in total. The van der Waals surface area contributed by atoms with Gasteiger partial charge >= 0.3 is 5.97 Å². The first kappa shape index (κ1) is 20.3. The Hall–Kier alpha value is -2.41. The SMILES string of the molecule is CCS(=O)N(C)c1cc(C(=O)O)cc(N(Cc2ccccc2)CC2CC2C)n1. The van der Waals surface area contributed by atoms with Crippen molar-refractivity contribution in [1.82, 2.24) is 4.98 Å². The predicted octanol–water partition coefficient (Wildman–Crippen LogP) is 3.56. The summed E-state index contributed by atoms with van der Waals surface area (Å²) in [6, 6.07) is 13.2. The monoisotopic (exact) mass is 401 g/mol. The van der Waals surface area contributed by atoms with Gasteiger partial charge in [-0.2, -0.15) is 0 Å². The topological polar surface area (TPSA) is 73.7 Å². The van der Waals surface area contributed by atoms with Crippen LogP contribution in [0.5, 0.6) is 0 Å². The molecule has 1 aromatic carbocycles. The van der Waals surface area contributed by atoms with Crippen molar-refractivity contribution in [3.05, 3.63) is 53.6 Å². The fourth-order valence-corrected chi connectivity index (χ4v) is 3.92. The van der Waals surface area contributed by atoms with Crippen LogP contribution in [-0.2, 0) is 17.5 Å². The number of carbonyl (C=O) groups is 1. The molecule has 7 heteroatoms. The van der Waals surface area contributed by atoms with E-state index in [0.717, 1.165) is 12.1 Å². The third kappa shape index (κ3) is 4.90. The van der Waals surface area contributed by atoms with Crippen molar-refractivity contribution in [3.63, 3.8) is 0 Å². The van der Waals surface area contributed by atoms with Crippen molar-refractivity contribution in [2.45, 2.75) is 26.8 Å². The molecular weight excluding hydrogens is 374 g/mol. The van der Waals surface area contributed by atoms with Gasteiger partial charge in [-0.15, -0.1) is 0 Å². The summed E-state index contributed by atoms with van der Waals surface area (Å²) in [5.74, 6) is 1.72. The Kier molecular flexibility index (Phi) is 6.34. The number of anilines is 2. The average molecular weight is 402 g/mol. The van der Waals surface area contributed by atoms with Gasteiger partial charge in [0.15, 0.2) is 0 Å². The van der Waals surface area contributed by atoms with Crippen LogP contribution in [0.4, 0.5) is 11.6 Å². The molecule has 150 valence electrons. The molecule has 0 bridgehead atoms. The van der Waals surface area contributed by atoms with Crippen LogP contribution >= 0.6 is 0 Å². The van der Waals surface area contributed by atoms with Gasteiger partial charge in [0, 0.05) is 25.9 Å². The van der Waals surface area contributed by atoms with Crippen LogP contribution in [0.2, 0.25) is 0 Å². The summed E-state index contributed by atoms with van der Waals surface area (Å²) in [7, 11) is 0.434. The van der Waals surface area contributed by atoms with E-state index in [2.05, 4.69) is 28.9 Å². The highest BCUT2D eigenvalue weighted by molar-refractivity contribution is 7.86. The molecule has 1 aliphatic rings. The van der Waals surface area contributed by atoms with E-state index in [1.807, 2.05) is 25.1 Å². The molecule has 1 saturated carbocycles. The molecule has 0 spiro atoms. The number of hydrogen-bond donors (Lipinski definition) is 1. The number of pyridine rings is 1. The average Bonchev–Trinajstić information content (AvgIpc) is 3.41. The second-order valence-corrected chi connectivity index (χ2v) is 9.09. The van der Waals surface area contributed by atoms with Crippen molar-refractivity contribution in [1.29, 1.82) is 0 Å². The van der Waals surface area contributed by atoms with Crippen molar-refractivity contribution >= 4 is 28.6 Å². The quantitative estimate of drug-likeness (QED) is 0.695. The lowest BCUT2D eigenvalue weighted by molar-refractivity contribution is 0.0697. The van der Waals surface area contributed by atoms with Gasteiger partial charge in [-0.3, -0.25) is 4.31 Å². The number of nitrogens with zero attached hydrogens (tertiary/aromatic N) is 3. The molecule has 0 aliphatic heterocycles. The van der Waals surface area contributed by atoms with E-state index in [4.69, 9.17) is 0 Å². The number of rotatable bonds is 9. The van der Waals surface area contributed by atoms with E-state index in [9.17, 15) is 14.1 Å². The first-order valence-corrected chi connectivity index (χ1v) is 10.8. The highest BCUT2D eigenvalue weighted by atomic mass is 32.2. The minimum Gasteiger partial charge on any atom is -0.478 e. The summed E-state index contributed by atoms with van der Waals surface area (Å²) >= 11 is 0. The van der Waals surface area contributed by atoms with Crippen molar-refractivity contribution < 1.29 is 14.1 Å². The summed E-state index contributed by atoms with van der Waals surface area (Å²) in [4.78, 5) is 18.5. The van der Waals surface area contributed by atoms with Gasteiger partial charge < -0.3 is 10.0 Å². The lowest BCUT2D eigenvalue weighted by Gasteiger charge is -2.26. The zero-order valence-electron chi connectivity index (χ0n) is 16.5. The Balaban J connectivity index is 1.98. The highest BCUT2D eigenvalue weighted by Crippen LogP contribution is 2.39. The second kappa shape index (κ2) is 8.73. The summed E-state index contributed by atoms with van der Waals surface area (Å²) in [6.45, 7) is 5.53. The third-order valence-corrected chi connectivity index (χ3v) is 6.48. The summed E-state index contributed by atoms with van der Waals surface area (Å²) in [5.41, 5.74) is 1.30. The molecule has 0 radical (unpaired) electrons. The van der Waals surface area contributed by atoms with Crippen LogP contribution in [0, 0.1) is 11.8 Å². The molecule has 0 saturated heterocycles. The number of carboxylic acid groups (broad SMARTS) is 1. The fraction of sp³-hybridized carbons (Fsp3) is 0.429. The fourth-order valence-electron chi connectivity index (χ4n) is 3.23. The Morgan fingerprint density at radius 1 is 1.25 bits per heavy atom. The van der Waals surface area contributed by atoms with Crippen molar-refractivity contribution in [2.24, 2.45) is 11.8 Å². The normalized spacial score (nSPS) is 19.1. The van der Waals surface area contributed by atoms with Gasteiger partial charge in [-0.1, -0.05) is 44.2 Å². The molecule has 2 aromatic rings. The van der Waals surface area contributed by atoms with Crippen LogP contribution in [0.3, 0.4) is 0 Å². The first-order valence-electron chi connectivity index (χ1n) is 9.55. The summed E-state index contributed by atoms with van der Waals surface area (Å²) in [5, 5.41) is 9.58. The number of benzene rings is 1. The maximum atomic E-state index is 12.2. The molecule has 3 rings (SSSR count). The maximum absolute atomic E-state index is 12.2. The van der Waals surface area contributed by atoms with Crippen LogP contribution in [0.15, 0.2) is 42.5 Å². The van der Waals surface area contributed by atoms with E-state index >= 15 is 0 Å². The van der Waals surface area contributed by atoms with Gasteiger partial charge in [0.1, 0.15) is 22.6 Å². The highest BCUT2D eigenvalue weighted by Gasteiger charge is 2.34. The Morgan fingerprint density at radius 2 is 1.89 bits per heavy atom. The van der Waals surface area contributed by atoms with Gasteiger partial charge in [0.05, 0.1) is 5.56 Å². The summed E-state index contributed by atoms with van der Waals surface area (Å²) in [6.07, 6.45) is 1.18. The van der Waals surface area contributed by atoms with E-state index in [-0.39, 0.29) is 5.56 Å². The van der Waals surface area contributed by atoms with Crippen LogP contribution in [0.25, 0.3) is 0 Å². The lowest BCUT2D eigenvalue weighted by atomic mass is 10.2. The van der Waals surface area contributed by atoms with E-state index < -0.39 is 17.0 Å². The van der Waals surface area contributed by atoms with Crippen LogP contribution in [-0.4, -0.2) is 39.6 Å². The predicted molar refractivity (Wildman–Crippen MR) is 113 cm³/mol. The standard InChI is InChI=1S/C21H27N3O3S/c1-4-28(27)23(3)19-11-17(21(25)26)12-20(22-19)24(14-18-10-15(18)2)13-16-8-6-5-7-9-16/h5-9,11-12,15,18H,4,10,13-14H2,1-3H3,(H,25,26). The number of carboxylic acids is 1. The van der Waals surface area contributed by atoms with E-state index in [1.54, 1.807) is 13.1 Å². The lowest BCUT2D eigenvalue weighted by Crippen LogP contribution is -2.29. The minimum absolute atomic E-state index is 0.155. The molecule has 3 atom stereocenters. The molecule has 0 amide bonds. The smallest absolute Gasteiger partial charge is 0.335 e. The molecule has 1 aromatic heterocycles. The van der Waals surface area contributed by atoms with Crippen molar-refractivity contribution in [3.8, 4) is 0 Å². The van der Waals surface area contributed by atoms with Gasteiger partial charge in [0.25, 0.3) is 0 Å². The third-order valence-electron chi connectivity index (χ3n) is 5.19. The Bertz CT molecular complexity index is 859. The van der Waals surface area contributed by atoms with Gasteiger partial charge in [0.2, 0.25) is 0 Å². The largest absolute Gasteiger partial charge is 0.478 e. The van der Waals surface area contributed by atoms with Crippen molar-refractivity contribution in [2.75, 3.05) is 28.6 Å². The Morgan fingerprint density at radius 3 is 2.46 bits per heavy atom. The molecule has 3 unspecified atom stereocenters.